The average Bonchev–Trinajstić information content (AvgIpc) is 2.99. The fourth-order valence-corrected chi connectivity index (χ4v) is 4.91. The van der Waals surface area contributed by atoms with Crippen LogP contribution >= 0.6 is 0 Å². The van der Waals surface area contributed by atoms with Gasteiger partial charge in [-0.05, 0) is 24.5 Å². The summed E-state index contributed by atoms with van der Waals surface area (Å²) in [5, 5.41) is 2.82. The predicted octanol–water partition coefficient (Wildman–Crippen LogP) is 2.66. The smallest absolute Gasteiger partial charge is 0.249 e. The monoisotopic (exact) mass is 437 g/mol. The molecule has 0 unspecified atom stereocenters. The van der Waals surface area contributed by atoms with Crippen molar-refractivity contribution in [2.45, 2.75) is 49.9 Å². The van der Waals surface area contributed by atoms with Crippen LogP contribution in [0.4, 0.5) is 14.5 Å². The maximum absolute atomic E-state index is 13.0. The highest BCUT2D eigenvalue weighted by molar-refractivity contribution is 5.79. The van der Waals surface area contributed by atoms with Gasteiger partial charge in [-0.25, -0.2) is 8.78 Å². The summed E-state index contributed by atoms with van der Waals surface area (Å²) in [6.07, 6.45) is 0.895. The minimum absolute atomic E-state index is 0.109. The molecule has 1 N–H and O–H groups in total. The van der Waals surface area contributed by atoms with Gasteiger partial charge >= 0.3 is 0 Å². The number of carbonyl (C=O) groups excluding carboxylic acids is 1. The quantitative estimate of drug-likeness (QED) is 0.742. The first-order valence-corrected chi connectivity index (χ1v) is 11.1. The van der Waals surface area contributed by atoms with E-state index in [-0.39, 0.29) is 30.5 Å². The van der Waals surface area contributed by atoms with Crippen molar-refractivity contribution < 1.29 is 23.0 Å². The van der Waals surface area contributed by atoms with Gasteiger partial charge in [-0.15, -0.1) is 0 Å². The molecule has 1 spiro atoms. The number of alkyl halides is 2. The molecular formula is C23H33F2N3O3. The molecular weight excluding hydrogens is 404 g/mol. The molecule has 3 aliphatic rings. The Morgan fingerprint density at radius 2 is 2.06 bits per heavy atom. The lowest BCUT2D eigenvalue weighted by atomic mass is 9.81. The molecule has 2 atom stereocenters. The van der Waals surface area contributed by atoms with E-state index in [9.17, 15) is 13.6 Å². The minimum Gasteiger partial charge on any atom is -0.377 e. The van der Waals surface area contributed by atoms with Crippen molar-refractivity contribution in [3.05, 3.63) is 29.8 Å². The molecule has 4 rings (SSSR count). The van der Waals surface area contributed by atoms with Crippen LogP contribution in [0.5, 0.6) is 0 Å². The van der Waals surface area contributed by atoms with E-state index in [1.54, 1.807) is 0 Å². The molecule has 0 bridgehead atoms. The van der Waals surface area contributed by atoms with Gasteiger partial charge in [-0.2, -0.15) is 0 Å². The molecule has 1 aromatic carbocycles. The Balaban J connectivity index is 1.32. The second-order valence-corrected chi connectivity index (χ2v) is 9.45. The maximum atomic E-state index is 13.0. The summed E-state index contributed by atoms with van der Waals surface area (Å²) in [7, 11) is 4.10. The number of rotatable bonds is 6. The highest BCUT2D eigenvalue weighted by atomic mass is 19.3. The van der Waals surface area contributed by atoms with Crippen molar-refractivity contribution >= 4 is 11.6 Å². The van der Waals surface area contributed by atoms with E-state index in [4.69, 9.17) is 9.47 Å². The molecule has 0 radical (unpaired) electrons. The molecule has 1 aliphatic carbocycles. The molecule has 2 aliphatic heterocycles. The number of ether oxygens (including phenoxy) is 2. The molecule has 3 fully saturated rings. The van der Waals surface area contributed by atoms with E-state index < -0.39 is 11.8 Å². The number of hydrogen-bond donors (Lipinski definition) is 1. The van der Waals surface area contributed by atoms with Crippen LogP contribution in [0, 0.1) is 5.92 Å². The number of carbonyl (C=O) groups is 1. The van der Waals surface area contributed by atoms with Gasteiger partial charge in [0.2, 0.25) is 11.8 Å². The Labute approximate surface area is 182 Å². The molecule has 6 nitrogen and oxygen atoms in total. The van der Waals surface area contributed by atoms with Gasteiger partial charge in [0, 0.05) is 64.7 Å². The van der Waals surface area contributed by atoms with Crippen LogP contribution in [0.25, 0.3) is 0 Å². The predicted molar refractivity (Wildman–Crippen MR) is 114 cm³/mol. The Hall–Kier alpha value is -1.77. The maximum Gasteiger partial charge on any atom is 0.249 e. The summed E-state index contributed by atoms with van der Waals surface area (Å²) >= 11 is 0. The summed E-state index contributed by atoms with van der Waals surface area (Å²) in [4.78, 5) is 16.6. The summed E-state index contributed by atoms with van der Waals surface area (Å²) < 4.78 is 38.3. The lowest BCUT2D eigenvalue weighted by molar-refractivity contribution is -0.151. The Morgan fingerprint density at radius 1 is 1.29 bits per heavy atom. The summed E-state index contributed by atoms with van der Waals surface area (Å²) in [5.74, 6) is -3.53. The fraction of sp³-hybridized carbons (Fsp3) is 0.696. The standard InChI is InChI=1S/C23H33F2N3O3/c1-27(2)20-6-4-3-5-17(20)14-28-9-10-30-16-22(15-28)8-7-19(31-22)13-26-21(29)18-11-23(24,25)12-18/h3-6,18-19H,7-16H2,1-2H3,(H,26,29)/t19-,22-/m1/s1. The van der Waals surface area contributed by atoms with Crippen molar-refractivity contribution in [1.82, 2.24) is 10.2 Å². The normalized spacial score (nSPS) is 28.8. The molecule has 31 heavy (non-hydrogen) atoms. The number of amides is 1. The molecule has 1 amide bonds. The van der Waals surface area contributed by atoms with E-state index >= 15 is 0 Å². The summed E-state index contributed by atoms with van der Waals surface area (Å²) in [6, 6.07) is 8.40. The van der Waals surface area contributed by atoms with Crippen LogP contribution in [-0.4, -0.2) is 75.4 Å². The van der Waals surface area contributed by atoms with Gasteiger partial charge in [0.15, 0.2) is 0 Å². The van der Waals surface area contributed by atoms with Gasteiger partial charge in [-0.3, -0.25) is 9.69 Å². The number of benzene rings is 1. The Morgan fingerprint density at radius 3 is 2.81 bits per heavy atom. The largest absolute Gasteiger partial charge is 0.377 e. The lowest BCUT2D eigenvalue weighted by Crippen LogP contribution is -2.47. The SMILES string of the molecule is CN(C)c1ccccc1CN1CCOC[C@@]2(CC[C@H](CNC(=O)C3CC(F)(F)C3)O2)C1. The van der Waals surface area contributed by atoms with Crippen molar-refractivity contribution in [1.29, 1.82) is 0 Å². The first-order chi connectivity index (χ1) is 14.8. The molecule has 2 saturated heterocycles. The van der Waals surface area contributed by atoms with E-state index in [0.717, 1.165) is 32.5 Å². The van der Waals surface area contributed by atoms with Crippen molar-refractivity contribution in [2.24, 2.45) is 5.92 Å². The highest BCUT2D eigenvalue weighted by Crippen LogP contribution is 2.42. The van der Waals surface area contributed by atoms with Crippen molar-refractivity contribution in [2.75, 3.05) is 51.8 Å². The topological polar surface area (TPSA) is 54.0 Å². The number of hydrogen-bond acceptors (Lipinski definition) is 5. The van der Waals surface area contributed by atoms with Crippen LogP contribution in [-0.2, 0) is 20.8 Å². The van der Waals surface area contributed by atoms with Crippen LogP contribution in [0.15, 0.2) is 24.3 Å². The number of nitrogens with one attached hydrogen (secondary N) is 1. The number of para-hydroxylation sites is 1. The molecule has 2 heterocycles. The van der Waals surface area contributed by atoms with Crippen molar-refractivity contribution in [3.63, 3.8) is 0 Å². The second-order valence-electron chi connectivity index (χ2n) is 9.45. The van der Waals surface area contributed by atoms with Gasteiger partial charge in [-0.1, -0.05) is 18.2 Å². The first-order valence-electron chi connectivity index (χ1n) is 11.1. The van der Waals surface area contributed by atoms with E-state index in [0.29, 0.717) is 19.8 Å². The lowest BCUT2D eigenvalue weighted by Gasteiger charge is -2.34. The Bertz CT molecular complexity index is 783. The second kappa shape index (κ2) is 9.00. The minimum atomic E-state index is -2.68. The fourth-order valence-electron chi connectivity index (χ4n) is 4.91. The zero-order valence-corrected chi connectivity index (χ0v) is 18.4. The third-order valence-corrected chi connectivity index (χ3v) is 6.60. The summed E-state index contributed by atoms with van der Waals surface area (Å²) in [6.45, 7) is 4.00. The first kappa shape index (κ1) is 22.4. The van der Waals surface area contributed by atoms with Crippen LogP contribution in [0.3, 0.4) is 0 Å². The third kappa shape index (κ3) is 5.35. The van der Waals surface area contributed by atoms with Crippen molar-refractivity contribution in [3.8, 4) is 0 Å². The van der Waals surface area contributed by atoms with E-state index in [2.05, 4.69) is 53.5 Å². The van der Waals surface area contributed by atoms with Crippen LogP contribution in [0.2, 0.25) is 0 Å². The zero-order valence-electron chi connectivity index (χ0n) is 18.4. The van der Waals surface area contributed by atoms with Crippen LogP contribution < -0.4 is 10.2 Å². The average molecular weight is 438 g/mol. The highest BCUT2D eigenvalue weighted by Gasteiger charge is 2.49. The van der Waals surface area contributed by atoms with E-state index in [1.807, 2.05) is 0 Å². The molecule has 1 aromatic rings. The number of anilines is 1. The molecule has 0 aromatic heterocycles. The number of halogens is 2. The third-order valence-electron chi connectivity index (χ3n) is 6.60. The molecule has 172 valence electrons. The van der Waals surface area contributed by atoms with Gasteiger partial charge in [0.05, 0.1) is 19.3 Å². The Kier molecular flexibility index (Phi) is 6.51. The molecule has 8 heteroatoms. The summed E-state index contributed by atoms with van der Waals surface area (Å²) in [5.41, 5.74) is 2.09. The zero-order chi connectivity index (χ0) is 22.1. The van der Waals surface area contributed by atoms with Gasteiger partial charge in [0.1, 0.15) is 5.60 Å². The molecule has 1 saturated carbocycles. The van der Waals surface area contributed by atoms with Gasteiger partial charge < -0.3 is 19.7 Å². The van der Waals surface area contributed by atoms with Gasteiger partial charge in [0.25, 0.3) is 0 Å². The number of nitrogens with zero attached hydrogens (tertiary/aromatic N) is 2. The van der Waals surface area contributed by atoms with Crippen LogP contribution in [0.1, 0.15) is 31.2 Å². The van der Waals surface area contributed by atoms with E-state index in [1.165, 1.54) is 11.3 Å².